The Morgan fingerprint density at radius 2 is 2.25 bits per heavy atom. The van der Waals surface area contributed by atoms with Gasteiger partial charge in [-0.05, 0) is 0 Å². The van der Waals surface area contributed by atoms with E-state index in [0.29, 0.717) is 0 Å². The average Bonchev–Trinajstić information content (AvgIpc) is 1.68. The van der Waals surface area contributed by atoms with Crippen LogP contribution in [0.25, 0.3) is 0 Å². The summed E-state index contributed by atoms with van der Waals surface area (Å²) >= 11 is 0. The molecule has 0 saturated carbocycles. The van der Waals surface area contributed by atoms with Gasteiger partial charge in [0.25, 0.3) is 0 Å². The molecule has 0 saturated heterocycles. The SMILES string of the molecule is C=NON([O-])ON=N. The van der Waals surface area contributed by atoms with Crippen LogP contribution in [0.15, 0.2) is 10.4 Å². The van der Waals surface area contributed by atoms with Crippen LogP contribution in [0.2, 0.25) is 0 Å². The van der Waals surface area contributed by atoms with Gasteiger partial charge in [0.1, 0.15) is 0 Å². The second kappa shape index (κ2) is 3.96. The van der Waals surface area contributed by atoms with Gasteiger partial charge in [0, 0.05) is 17.4 Å². The molecule has 0 radical (unpaired) electrons. The van der Waals surface area contributed by atoms with Crippen LogP contribution < -0.4 is 0 Å². The van der Waals surface area contributed by atoms with Crippen LogP contribution in [-0.4, -0.2) is 12.1 Å². The predicted octanol–water partition coefficient (Wildman–Crippen LogP) is 0.211. The van der Waals surface area contributed by atoms with Crippen molar-refractivity contribution in [1.29, 1.82) is 5.53 Å². The third-order valence-electron chi connectivity index (χ3n) is 0.232. The molecule has 0 rings (SSSR count). The molecule has 0 spiro atoms. The fourth-order valence-electron chi connectivity index (χ4n) is 0.0954. The van der Waals surface area contributed by atoms with Crippen molar-refractivity contribution >= 4 is 6.72 Å². The standard InChI is InChI=1S/CH3N4O3/c1-3-7-5(6)8-4-2/h2H,1H2/q-1. The number of rotatable bonds is 4. The van der Waals surface area contributed by atoms with Gasteiger partial charge in [-0.3, -0.25) is 4.94 Å². The molecule has 0 aliphatic carbocycles. The van der Waals surface area contributed by atoms with Crippen molar-refractivity contribution in [1.82, 2.24) is 5.39 Å². The van der Waals surface area contributed by atoms with E-state index in [-0.39, 0.29) is 0 Å². The van der Waals surface area contributed by atoms with Crippen molar-refractivity contribution in [2.45, 2.75) is 0 Å². The molecule has 0 bridgehead atoms. The molecule has 0 unspecified atom stereocenters. The first-order valence-electron chi connectivity index (χ1n) is 1.45. The van der Waals surface area contributed by atoms with E-state index in [4.69, 9.17) is 5.53 Å². The van der Waals surface area contributed by atoms with Gasteiger partial charge >= 0.3 is 0 Å². The molecule has 0 heterocycles. The molecule has 8 heavy (non-hydrogen) atoms. The highest BCUT2D eigenvalue weighted by Gasteiger charge is 1.82. The van der Waals surface area contributed by atoms with Crippen LogP contribution in [0.1, 0.15) is 0 Å². The average molecular weight is 119 g/mol. The summed E-state index contributed by atoms with van der Waals surface area (Å²) in [6.45, 7) is 2.79. The Bertz CT molecular complexity index is 73.4. The van der Waals surface area contributed by atoms with Gasteiger partial charge < -0.3 is 5.21 Å². The summed E-state index contributed by atoms with van der Waals surface area (Å²) in [6, 6.07) is 0. The third kappa shape index (κ3) is 3.00. The molecule has 7 nitrogen and oxygen atoms in total. The van der Waals surface area contributed by atoms with Crippen LogP contribution in [-0.2, 0) is 9.88 Å². The molecule has 0 atom stereocenters. The lowest BCUT2D eigenvalue weighted by molar-refractivity contribution is -0.343. The van der Waals surface area contributed by atoms with Crippen molar-refractivity contribution in [3.63, 3.8) is 0 Å². The molecular weight excluding hydrogens is 116 g/mol. The molecule has 0 aromatic carbocycles. The fourth-order valence-corrected chi connectivity index (χ4v) is 0.0954. The van der Waals surface area contributed by atoms with Crippen molar-refractivity contribution in [2.24, 2.45) is 10.4 Å². The van der Waals surface area contributed by atoms with E-state index in [9.17, 15) is 5.21 Å². The van der Waals surface area contributed by atoms with Crippen LogP contribution >= 0.6 is 0 Å². The molecular formula is CH3N4O3-. The maximum atomic E-state index is 9.77. The van der Waals surface area contributed by atoms with Gasteiger partial charge in [-0.2, -0.15) is 5.53 Å². The van der Waals surface area contributed by atoms with Crippen LogP contribution in [0.4, 0.5) is 0 Å². The smallest absolute Gasteiger partial charge is 0.0434 e. The molecule has 0 amide bonds. The topological polar surface area (TPSA) is 93.3 Å². The minimum Gasteiger partial charge on any atom is -0.714 e. The van der Waals surface area contributed by atoms with Gasteiger partial charge in [-0.15, -0.1) is 0 Å². The Morgan fingerprint density at radius 3 is 2.62 bits per heavy atom. The first-order chi connectivity index (χ1) is 3.81. The van der Waals surface area contributed by atoms with E-state index >= 15 is 0 Å². The van der Waals surface area contributed by atoms with E-state index in [1.54, 1.807) is 0 Å². The molecule has 0 aliphatic rings. The van der Waals surface area contributed by atoms with Crippen LogP contribution in [0, 0.1) is 10.7 Å². The summed E-state index contributed by atoms with van der Waals surface area (Å²) in [6.07, 6.45) is 0. The number of hydrogen-bond acceptors (Lipinski definition) is 7. The van der Waals surface area contributed by atoms with Gasteiger partial charge in [0.05, 0.1) is 0 Å². The zero-order chi connectivity index (χ0) is 6.41. The summed E-state index contributed by atoms with van der Waals surface area (Å²) in [5.74, 6) is 0. The third-order valence-corrected chi connectivity index (χ3v) is 0.232. The van der Waals surface area contributed by atoms with Crippen molar-refractivity contribution in [2.75, 3.05) is 0 Å². The fraction of sp³-hybridized carbons (Fsp3) is 0. The minimum absolute atomic E-state index is 0.472. The quantitative estimate of drug-likeness (QED) is 0.325. The highest BCUT2D eigenvalue weighted by molar-refractivity contribution is 5.21. The monoisotopic (exact) mass is 119 g/mol. The van der Waals surface area contributed by atoms with Crippen molar-refractivity contribution in [3.05, 3.63) is 5.21 Å². The summed E-state index contributed by atoms with van der Waals surface area (Å²) in [5, 5.41) is 14.1. The maximum absolute atomic E-state index is 9.77. The molecule has 46 valence electrons. The molecule has 0 aromatic heterocycles. The summed E-state index contributed by atoms with van der Waals surface area (Å²) in [4.78, 5) is 7.13. The highest BCUT2D eigenvalue weighted by Crippen LogP contribution is 1.86. The zero-order valence-electron chi connectivity index (χ0n) is 3.77. The van der Waals surface area contributed by atoms with Crippen LogP contribution in [0.3, 0.4) is 0 Å². The second-order valence-electron chi connectivity index (χ2n) is 0.607. The van der Waals surface area contributed by atoms with E-state index in [0.717, 1.165) is 0 Å². The molecule has 0 aromatic rings. The van der Waals surface area contributed by atoms with Gasteiger partial charge in [-0.1, -0.05) is 5.16 Å². The second-order valence-corrected chi connectivity index (χ2v) is 0.607. The Kier molecular flexibility index (Phi) is 3.36. The van der Waals surface area contributed by atoms with E-state index in [1.807, 2.05) is 0 Å². The van der Waals surface area contributed by atoms with Gasteiger partial charge in [0.15, 0.2) is 0 Å². The summed E-state index contributed by atoms with van der Waals surface area (Å²) < 4.78 is 0. The maximum Gasteiger partial charge on any atom is 0.0434 e. The number of nitrogens with zero attached hydrogens (tertiary/aromatic N) is 3. The van der Waals surface area contributed by atoms with Crippen LogP contribution in [0.5, 0.6) is 0 Å². The minimum atomic E-state index is -0.472. The Morgan fingerprint density at radius 1 is 1.62 bits per heavy atom. The van der Waals surface area contributed by atoms with E-state index < -0.39 is 5.39 Å². The van der Waals surface area contributed by atoms with Crippen molar-refractivity contribution < 1.29 is 9.88 Å². The largest absolute Gasteiger partial charge is 0.714 e. The lowest BCUT2D eigenvalue weighted by atomic mass is 11.8. The predicted molar refractivity (Wildman–Crippen MR) is 22.1 cm³/mol. The lowest BCUT2D eigenvalue weighted by Gasteiger charge is -2.15. The Labute approximate surface area is 44.4 Å². The summed E-state index contributed by atoms with van der Waals surface area (Å²) in [7, 11) is 0. The Hall–Kier alpha value is -1.21. The molecule has 1 N–H and O–H groups in total. The van der Waals surface area contributed by atoms with E-state index in [1.165, 1.54) is 0 Å². The normalized spacial score (nSPS) is 8.25. The van der Waals surface area contributed by atoms with Gasteiger partial charge in [0.2, 0.25) is 0 Å². The van der Waals surface area contributed by atoms with Gasteiger partial charge in [-0.25, -0.2) is 4.94 Å². The number of hydrogen-bond donors (Lipinski definition) is 1. The summed E-state index contributed by atoms with van der Waals surface area (Å²) in [5.41, 5.74) is 5.93. The molecule has 7 heteroatoms. The number of nitrogens with one attached hydrogen (secondary N) is 1. The first-order valence-corrected chi connectivity index (χ1v) is 1.45. The number of oxime groups is 1. The molecule has 0 fully saturated rings. The molecule has 0 aliphatic heterocycles. The lowest BCUT2D eigenvalue weighted by Crippen LogP contribution is -2.09. The zero-order valence-corrected chi connectivity index (χ0v) is 3.77. The Balaban J connectivity index is 3.16. The van der Waals surface area contributed by atoms with E-state index in [2.05, 4.69) is 27.0 Å². The highest BCUT2D eigenvalue weighted by atomic mass is 17.2. The van der Waals surface area contributed by atoms with Crippen molar-refractivity contribution in [3.8, 4) is 0 Å². The first kappa shape index (κ1) is 6.79.